The molecule has 0 radical (unpaired) electrons. The summed E-state index contributed by atoms with van der Waals surface area (Å²) in [5.41, 5.74) is 0.138. The Bertz CT molecular complexity index is 1150. The second-order valence-electron chi connectivity index (χ2n) is 8.73. The predicted molar refractivity (Wildman–Crippen MR) is 118 cm³/mol. The summed E-state index contributed by atoms with van der Waals surface area (Å²) < 4.78 is 46.9. The van der Waals surface area contributed by atoms with E-state index in [9.17, 15) is 22.8 Å². The van der Waals surface area contributed by atoms with Gasteiger partial charge in [0, 0.05) is 23.3 Å². The number of hydrogen-bond donors (Lipinski definition) is 1. The second-order valence-corrected chi connectivity index (χ2v) is 8.73. The lowest BCUT2D eigenvalue weighted by Crippen LogP contribution is -2.29. The van der Waals surface area contributed by atoms with Crippen LogP contribution in [0.4, 0.5) is 24.5 Å². The molecule has 2 fully saturated rings. The fourth-order valence-corrected chi connectivity index (χ4v) is 5.28. The number of anilines is 2. The van der Waals surface area contributed by atoms with Gasteiger partial charge in [-0.1, -0.05) is 12.1 Å². The number of methoxy groups -OCH3 is 1. The number of benzene rings is 2. The summed E-state index contributed by atoms with van der Waals surface area (Å²) in [6, 6.07) is 9.58. The molecule has 5 rings (SSSR count). The van der Waals surface area contributed by atoms with Gasteiger partial charge in [0.2, 0.25) is 0 Å². The predicted octanol–water partition coefficient (Wildman–Crippen LogP) is 5.15. The fourth-order valence-electron chi connectivity index (χ4n) is 5.28. The van der Waals surface area contributed by atoms with Crippen molar-refractivity contribution in [3.8, 4) is 5.75 Å². The van der Waals surface area contributed by atoms with Gasteiger partial charge in [0.25, 0.3) is 5.91 Å². The zero-order valence-electron chi connectivity index (χ0n) is 18.0. The molecular formula is C25H23F3N2O3. The molecule has 3 aliphatic rings. The molecule has 1 N–H and O–H groups in total. The van der Waals surface area contributed by atoms with E-state index in [4.69, 9.17) is 4.74 Å². The number of rotatable bonds is 4. The van der Waals surface area contributed by atoms with Crippen molar-refractivity contribution < 1.29 is 27.5 Å². The summed E-state index contributed by atoms with van der Waals surface area (Å²) >= 11 is 0. The first-order valence-corrected chi connectivity index (χ1v) is 11.0. The van der Waals surface area contributed by atoms with Crippen LogP contribution in [0.2, 0.25) is 0 Å². The minimum absolute atomic E-state index is 0.175. The maximum Gasteiger partial charge on any atom is 0.418 e. The van der Waals surface area contributed by atoms with Gasteiger partial charge in [-0.05, 0) is 68.0 Å². The maximum atomic E-state index is 13.9. The molecule has 2 bridgehead atoms. The van der Waals surface area contributed by atoms with Gasteiger partial charge >= 0.3 is 6.18 Å². The van der Waals surface area contributed by atoms with Crippen LogP contribution < -0.4 is 15.0 Å². The van der Waals surface area contributed by atoms with E-state index in [-0.39, 0.29) is 23.3 Å². The molecule has 1 aliphatic carbocycles. The zero-order valence-corrected chi connectivity index (χ0v) is 18.0. The van der Waals surface area contributed by atoms with Crippen molar-refractivity contribution >= 4 is 23.1 Å². The highest BCUT2D eigenvalue weighted by Gasteiger charge is 2.41. The van der Waals surface area contributed by atoms with Gasteiger partial charge in [0.05, 0.1) is 23.9 Å². The number of carbonyl (C=O) groups excluding carboxylic acids is 2. The second kappa shape index (κ2) is 7.93. The van der Waals surface area contributed by atoms with Crippen LogP contribution in [0.1, 0.15) is 47.2 Å². The van der Waals surface area contributed by atoms with Gasteiger partial charge < -0.3 is 15.0 Å². The van der Waals surface area contributed by atoms with Crippen LogP contribution in [-0.2, 0) is 17.4 Å². The lowest BCUT2D eigenvalue weighted by atomic mass is 9.89. The van der Waals surface area contributed by atoms with Gasteiger partial charge in [-0.3, -0.25) is 9.59 Å². The van der Waals surface area contributed by atoms with Gasteiger partial charge in [-0.2, -0.15) is 13.2 Å². The van der Waals surface area contributed by atoms with Crippen molar-refractivity contribution in [1.29, 1.82) is 0 Å². The number of halogens is 3. The number of alkyl halides is 3. The van der Waals surface area contributed by atoms with E-state index < -0.39 is 23.4 Å². The van der Waals surface area contributed by atoms with Gasteiger partial charge in [0.15, 0.2) is 5.78 Å². The van der Waals surface area contributed by atoms with Gasteiger partial charge in [0.1, 0.15) is 5.75 Å². The summed E-state index contributed by atoms with van der Waals surface area (Å²) in [4.78, 5) is 27.8. The van der Waals surface area contributed by atoms with Crippen LogP contribution in [-0.4, -0.2) is 30.9 Å². The number of hydrogen-bond acceptors (Lipinski definition) is 4. The SMILES string of the molecule is COc1ccc2c(c1)C(=O)C(C(=O)Nc1ccc(N3C4CCC3CC4)cc1C(F)(F)F)=CC2. The van der Waals surface area contributed by atoms with Crippen LogP contribution in [0, 0.1) is 0 Å². The average molecular weight is 456 g/mol. The molecule has 0 atom stereocenters. The van der Waals surface area contributed by atoms with E-state index in [1.54, 1.807) is 18.2 Å². The van der Waals surface area contributed by atoms with E-state index in [0.717, 1.165) is 37.3 Å². The number of nitrogens with one attached hydrogen (secondary N) is 1. The Morgan fingerprint density at radius 2 is 1.76 bits per heavy atom. The Morgan fingerprint density at radius 1 is 1.06 bits per heavy atom. The standard InChI is InChI=1S/C25H23F3N2O3/c1-33-18-9-2-14-3-10-19(23(31)20(14)13-18)24(32)29-22-11-8-17(12-21(22)25(26,27)28)30-15-4-5-16(30)7-6-15/h2,8-13,15-16H,3-7H2,1H3,(H,29,32). The topological polar surface area (TPSA) is 58.6 Å². The number of fused-ring (bicyclic) bond motifs is 3. The molecule has 172 valence electrons. The molecule has 8 heteroatoms. The Kier molecular flexibility index (Phi) is 5.18. The van der Waals surface area contributed by atoms with E-state index in [2.05, 4.69) is 10.2 Å². The third kappa shape index (κ3) is 3.77. The summed E-state index contributed by atoms with van der Waals surface area (Å²) in [5, 5.41) is 2.33. The van der Waals surface area contributed by atoms with Gasteiger partial charge in [-0.25, -0.2) is 0 Å². The summed E-state index contributed by atoms with van der Waals surface area (Å²) in [6.07, 6.45) is 1.11. The Morgan fingerprint density at radius 3 is 2.39 bits per heavy atom. The van der Waals surface area contributed by atoms with Crippen molar-refractivity contribution in [2.24, 2.45) is 0 Å². The highest BCUT2D eigenvalue weighted by atomic mass is 19.4. The highest BCUT2D eigenvalue weighted by molar-refractivity contribution is 6.29. The number of carbonyl (C=O) groups is 2. The summed E-state index contributed by atoms with van der Waals surface area (Å²) in [5.74, 6) is -0.922. The minimum atomic E-state index is -4.65. The number of ketones is 1. The lowest BCUT2D eigenvalue weighted by molar-refractivity contribution is -0.136. The molecule has 2 heterocycles. The normalized spacial score (nSPS) is 21.6. The van der Waals surface area contributed by atoms with Crippen LogP contribution in [0.15, 0.2) is 48.0 Å². The Balaban J connectivity index is 1.42. The summed E-state index contributed by atoms with van der Waals surface area (Å²) in [7, 11) is 1.47. The molecular weight excluding hydrogens is 433 g/mol. The largest absolute Gasteiger partial charge is 0.497 e. The summed E-state index contributed by atoms with van der Waals surface area (Å²) in [6.45, 7) is 0. The van der Waals surface area contributed by atoms with Crippen molar-refractivity contribution in [3.05, 3.63) is 64.7 Å². The monoisotopic (exact) mass is 456 g/mol. The molecule has 0 spiro atoms. The van der Waals surface area contributed by atoms with Crippen LogP contribution in [0.25, 0.3) is 0 Å². The van der Waals surface area contributed by atoms with Crippen molar-refractivity contribution in [1.82, 2.24) is 0 Å². The fraction of sp³-hybridized carbons (Fsp3) is 0.360. The van der Waals surface area contributed by atoms with Crippen molar-refractivity contribution in [3.63, 3.8) is 0 Å². The molecule has 0 aromatic heterocycles. The number of allylic oxidation sites excluding steroid dienone is 1. The molecule has 2 aromatic rings. The molecule has 1 amide bonds. The van der Waals surface area contributed by atoms with E-state index >= 15 is 0 Å². The number of ether oxygens (including phenoxy) is 1. The first-order valence-electron chi connectivity index (χ1n) is 11.0. The van der Waals surface area contributed by atoms with Gasteiger partial charge in [-0.15, -0.1) is 0 Å². The Hall–Kier alpha value is -3.29. The average Bonchev–Trinajstić information content (AvgIpc) is 3.39. The maximum absolute atomic E-state index is 13.9. The molecule has 2 saturated heterocycles. The number of Topliss-reactive ketones (excluding diaryl/α,β-unsaturated/α-hetero) is 1. The number of nitrogens with zero attached hydrogens (tertiary/aromatic N) is 1. The zero-order chi connectivity index (χ0) is 23.3. The molecule has 0 unspecified atom stereocenters. The molecule has 2 aromatic carbocycles. The smallest absolute Gasteiger partial charge is 0.418 e. The van der Waals surface area contributed by atoms with E-state index in [1.165, 1.54) is 25.3 Å². The van der Waals surface area contributed by atoms with Crippen molar-refractivity contribution in [2.45, 2.75) is 50.4 Å². The van der Waals surface area contributed by atoms with E-state index in [0.29, 0.717) is 23.4 Å². The van der Waals surface area contributed by atoms with Crippen LogP contribution in [0.5, 0.6) is 5.75 Å². The van der Waals surface area contributed by atoms with Crippen LogP contribution in [0.3, 0.4) is 0 Å². The third-order valence-corrected chi connectivity index (χ3v) is 6.88. The highest BCUT2D eigenvalue weighted by Crippen LogP contribution is 2.44. The first kappa shape index (κ1) is 21.6. The molecule has 33 heavy (non-hydrogen) atoms. The van der Waals surface area contributed by atoms with Crippen LogP contribution >= 0.6 is 0 Å². The number of amides is 1. The van der Waals surface area contributed by atoms with Crippen molar-refractivity contribution in [2.75, 3.05) is 17.3 Å². The quantitative estimate of drug-likeness (QED) is 0.647. The van der Waals surface area contributed by atoms with E-state index in [1.807, 2.05) is 0 Å². The minimum Gasteiger partial charge on any atom is -0.497 e. The first-order chi connectivity index (χ1) is 15.8. The third-order valence-electron chi connectivity index (χ3n) is 6.88. The molecule has 2 aliphatic heterocycles. The lowest BCUT2D eigenvalue weighted by Gasteiger charge is -2.26. The Labute approximate surface area is 189 Å². The molecule has 5 nitrogen and oxygen atoms in total. The molecule has 0 saturated carbocycles.